The zero-order chi connectivity index (χ0) is 28.9. The van der Waals surface area contributed by atoms with Gasteiger partial charge in [0.25, 0.3) is 0 Å². The number of aromatic nitrogens is 1. The number of nitrogens with zero attached hydrogens (tertiary/aromatic N) is 3. The molecule has 0 radical (unpaired) electrons. The van der Waals surface area contributed by atoms with Gasteiger partial charge in [0.05, 0.1) is 18.7 Å². The van der Waals surface area contributed by atoms with E-state index in [-0.39, 0.29) is 25.2 Å². The molecule has 1 aromatic heterocycles. The lowest BCUT2D eigenvalue weighted by atomic mass is 9.83. The Morgan fingerprint density at radius 3 is 2.73 bits per heavy atom. The summed E-state index contributed by atoms with van der Waals surface area (Å²) in [5.74, 6) is 0.492. The summed E-state index contributed by atoms with van der Waals surface area (Å²) in [7, 11) is 0. The van der Waals surface area contributed by atoms with Gasteiger partial charge >= 0.3 is 5.97 Å². The molecule has 2 aromatic carbocycles. The highest BCUT2D eigenvalue weighted by Crippen LogP contribution is 2.43. The van der Waals surface area contributed by atoms with Crippen molar-refractivity contribution in [2.45, 2.75) is 58.0 Å². The van der Waals surface area contributed by atoms with Crippen LogP contribution in [0.2, 0.25) is 0 Å². The summed E-state index contributed by atoms with van der Waals surface area (Å²) in [4.78, 5) is 34.9. The number of fused-ring (bicyclic) bond motifs is 1. The van der Waals surface area contributed by atoms with Crippen LogP contribution in [0.1, 0.15) is 54.9 Å². The summed E-state index contributed by atoms with van der Waals surface area (Å²) in [6.07, 6.45) is 4.41. The van der Waals surface area contributed by atoms with Gasteiger partial charge in [-0.3, -0.25) is 14.5 Å². The van der Waals surface area contributed by atoms with E-state index in [0.29, 0.717) is 55.6 Å². The van der Waals surface area contributed by atoms with Gasteiger partial charge in [0.15, 0.2) is 17.4 Å². The van der Waals surface area contributed by atoms with E-state index < -0.39 is 17.9 Å². The number of nitrogens with two attached hydrogens (primary N) is 1. The van der Waals surface area contributed by atoms with Crippen LogP contribution in [-0.2, 0) is 22.6 Å². The Morgan fingerprint density at radius 1 is 1.17 bits per heavy atom. The molecule has 1 saturated heterocycles. The topological polar surface area (TPSA) is 131 Å². The second kappa shape index (κ2) is 12.7. The fourth-order valence-electron chi connectivity index (χ4n) is 5.95. The van der Waals surface area contributed by atoms with Gasteiger partial charge in [0.2, 0.25) is 12.7 Å². The van der Waals surface area contributed by atoms with Gasteiger partial charge in [0.1, 0.15) is 5.76 Å². The van der Waals surface area contributed by atoms with Crippen LogP contribution in [0.15, 0.2) is 53.1 Å². The highest BCUT2D eigenvalue weighted by atomic mass is 16.7. The van der Waals surface area contributed by atoms with E-state index in [0.717, 1.165) is 29.7 Å². The second-order valence-electron chi connectivity index (χ2n) is 10.8. The molecule has 2 aliphatic rings. The average molecular weight is 563 g/mol. The molecule has 5 rings (SSSR count). The maximum atomic E-state index is 13.9. The monoisotopic (exact) mass is 562 g/mol. The smallest absolute Gasteiger partial charge is 0.308 e. The normalized spacial score (nSPS) is 19.9. The van der Waals surface area contributed by atoms with Gasteiger partial charge in [-0.2, -0.15) is 0 Å². The minimum atomic E-state index is -0.894. The summed E-state index contributed by atoms with van der Waals surface area (Å²) in [5, 5.41) is 10.5. The van der Waals surface area contributed by atoms with E-state index in [2.05, 4.69) is 11.9 Å². The number of carbonyl (C=O) groups excluding carboxylic acids is 1. The number of hydrogen-bond donors (Lipinski definition) is 2. The van der Waals surface area contributed by atoms with Crippen LogP contribution in [0, 0.1) is 12.8 Å². The van der Waals surface area contributed by atoms with Crippen molar-refractivity contribution in [2.75, 3.05) is 31.3 Å². The minimum absolute atomic E-state index is 0.0694. The summed E-state index contributed by atoms with van der Waals surface area (Å²) in [6.45, 7) is 5.54. The Kier molecular flexibility index (Phi) is 8.90. The van der Waals surface area contributed by atoms with Crippen LogP contribution in [0.4, 0.5) is 5.69 Å². The first kappa shape index (κ1) is 28.6. The van der Waals surface area contributed by atoms with Crippen LogP contribution in [0.3, 0.4) is 0 Å². The SMILES string of the molecule is CCCCN(C(=O)CN1C[C@H](c2ccc3c(c2)OCO3)C(C(=O)O)[C@@H]1CCc1ncc(C)o1)c1cccc(CN)c1. The summed E-state index contributed by atoms with van der Waals surface area (Å²) in [5.41, 5.74) is 8.49. The van der Waals surface area contributed by atoms with E-state index in [1.165, 1.54) is 0 Å². The van der Waals surface area contributed by atoms with Crippen molar-refractivity contribution in [3.63, 3.8) is 0 Å². The average Bonchev–Trinajstić information content (AvgIpc) is 3.70. The predicted molar refractivity (Wildman–Crippen MR) is 153 cm³/mol. The standard InChI is InChI=1S/C31H38N4O6/c1-3-4-12-35(23-7-5-6-21(13-23)15-32)29(36)18-34-17-24(22-8-10-26-27(14-22)40-19-39-26)30(31(37)38)25(34)9-11-28-33-16-20(2)41-28/h5-8,10,13-14,16,24-25,30H,3-4,9,11-12,15,17-19,32H2,1-2H3,(H,37,38)/t24-,25+,30?/m1/s1. The number of hydrogen-bond acceptors (Lipinski definition) is 8. The first-order valence-electron chi connectivity index (χ1n) is 14.2. The minimum Gasteiger partial charge on any atom is -0.481 e. The molecule has 3 N–H and O–H groups in total. The molecule has 1 amide bonds. The number of rotatable bonds is 12. The molecule has 3 aromatic rings. The maximum Gasteiger partial charge on any atom is 0.308 e. The van der Waals surface area contributed by atoms with Crippen LogP contribution in [-0.4, -0.2) is 59.3 Å². The van der Waals surface area contributed by atoms with E-state index in [1.807, 2.05) is 54.3 Å². The molecule has 0 spiro atoms. The number of amides is 1. The molecular weight excluding hydrogens is 524 g/mol. The van der Waals surface area contributed by atoms with E-state index in [1.54, 1.807) is 11.1 Å². The highest BCUT2D eigenvalue weighted by Gasteiger charge is 2.47. The predicted octanol–water partition coefficient (Wildman–Crippen LogP) is 4.11. The van der Waals surface area contributed by atoms with Gasteiger partial charge in [0, 0.05) is 43.7 Å². The van der Waals surface area contributed by atoms with Crippen molar-refractivity contribution in [3.8, 4) is 11.5 Å². The Labute approximate surface area is 240 Å². The molecule has 3 atom stereocenters. The molecule has 10 heteroatoms. The van der Waals surface area contributed by atoms with E-state index in [9.17, 15) is 14.7 Å². The first-order chi connectivity index (χ1) is 19.9. The Balaban J connectivity index is 1.44. The highest BCUT2D eigenvalue weighted by molar-refractivity contribution is 5.95. The number of aryl methyl sites for hydroxylation is 2. The van der Waals surface area contributed by atoms with Crippen molar-refractivity contribution in [1.82, 2.24) is 9.88 Å². The fraction of sp³-hybridized carbons (Fsp3) is 0.452. The zero-order valence-electron chi connectivity index (χ0n) is 23.6. The number of ether oxygens (including phenoxy) is 2. The number of oxazole rings is 1. The Morgan fingerprint density at radius 2 is 2.00 bits per heavy atom. The molecule has 2 aliphatic heterocycles. The lowest BCUT2D eigenvalue weighted by molar-refractivity contribution is -0.143. The third-order valence-corrected chi connectivity index (χ3v) is 8.01. The third-order valence-electron chi connectivity index (χ3n) is 8.01. The van der Waals surface area contributed by atoms with Crippen molar-refractivity contribution < 1.29 is 28.6 Å². The number of carbonyl (C=O) groups is 2. The zero-order valence-corrected chi connectivity index (χ0v) is 23.6. The molecule has 41 heavy (non-hydrogen) atoms. The maximum absolute atomic E-state index is 13.9. The lowest BCUT2D eigenvalue weighted by Crippen LogP contribution is -2.44. The second-order valence-corrected chi connectivity index (χ2v) is 10.8. The number of carboxylic acid groups (broad SMARTS) is 1. The molecular formula is C31H38N4O6. The van der Waals surface area contributed by atoms with Crippen LogP contribution < -0.4 is 20.1 Å². The fourth-order valence-corrected chi connectivity index (χ4v) is 5.95. The molecule has 0 bridgehead atoms. The molecule has 218 valence electrons. The molecule has 3 heterocycles. The van der Waals surface area contributed by atoms with Gasteiger partial charge < -0.3 is 29.6 Å². The number of carboxylic acids is 1. The first-order valence-corrected chi connectivity index (χ1v) is 14.2. The molecule has 0 saturated carbocycles. The number of anilines is 1. The van der Waals surface area contributed by atoms with Gasteiger partial charge in [-0.1, -0.05) is 31.5 Å². The molecule has 0 aliphatic carbocycles. The summed E-state index contributed by atoms with van der Waals surface area (Å²) >= 11 is 0. The van der Waals surface area contributed by atoms with Gasteiger partial charge in [-0.05, 0) is 55.2 Å². The summed E-state index contributed by atoms with van der Waals surface area (Å²) < 4.78 is 16.7. The number of likely N-dealkylation sites (tertiary alicyclic amines) is 1. The van der Waals surface area contributed by atoms with Crippen LogP contribution >= 0.6 is 0 Å². The quantitative estimate of drug-likeness (QED) is 0.335. The molecule has 1 unspecified atom stereocenters. The van der Waals surface area contributed by atoms with E-state index >= 15 is 0 Å². The van der Waals surface area contributed by atoms with Crippen molar-refractivity contribution in [2.24, 2.45) is 11.7 Å². The van der Waals surface area contributed by atoms with Gasteiger partial charge in [-0.25, -0.2) is 4.98 Å². The van der Waals surface area contributed by atoms with Crippen LogP contribution in [0.5, 0.6) is 11.5 Å². The van der Waals surface area contributed by atoms with Gasteiger partial charge in [-0.15, -0.1) is 0 Å². The molecule has 10 nitrogen and oxygen atoms in total. The van der Waals surface area contributed by atoms with Crippen molar-refractivity contribution in [1.29, 1.82) is 0 Å². The molecule has 1 fully saturated rings. The third kappa shape index (κ3) is 6.39. The lowest BCUT2D eigenvalue weighted by Gasteiger charge is -2.30. The van der Waals surface area contributed by atoms with Crippen molar-refractivity contribution in [3.05, 3.63) is 71.4 Å². The Hall–Kier alpha value is -3.89. The van der Waals surface area contributed by atoms with Crippen LogP contribution in [0.25, 0.3) is 0 Å². The summed E-state index contributed by atoms with van der Waals surface area (Å²) in [6, 6.07) is 12.9. The number of benzene rings is 2. The number of aliphatic carboxylic acids is 1. The number of unbranched alkanes of at least 4 members (excludes halogenated alkanes) is 1. The largest absolute Gasteiger partial charge is 0.481 e. The van der Waals surface area contributed by atoms with E-state index in [4.69, 9.17) is 19.6 Å². The Bertz CT molecular complexity index is 1370. The van der Waals surface area contributed by atoms with Crippen molar-refractivity contribution >= 4 is 17.6 Å².